The Balaban J connectivity index is 1.67. The van der Waals surface area contributed by atoms with Gasteiger partial charge in [-0.15, -0.1) is 0 Å². The summed E-state index contributed by atoms with van der Waals surface area (Å²) in [6.45, 7) is 1.66. The zero-order chi connectivity index (χ0) is 13.9. The Kier molecular flexibility index (Phi) is 4.46. The SMILES string of the molecule is Cn1ccnc1CNCC1CCN(CC(F)(F)F)C1. The van der Waals surface area contributed by atoms with Gasteiger partial charge in [-0.1, -0.05) is 0 Å². The molecule has 1 atom stereocenters. The van der Waals surface area contributed by atoms with Crippen molar-refractivity contribution in [3.63, 3.8) is 0 Å². The van der Waals surface area contributed by atoms with Crippen LogP contribution in [0.2, 0.25) is 0 Å². The lowest BCUT2D eigenvalue weighted by Crippen LogP contribution is -2.33. The fourth-order valence-electron chi connectivity index (χ4n) is 2.43. The Morgan fingerprint density at radius 1 is 1.47 bits per heavy atom. The number of nitrogens with zero attached hydrogens (tertiary/aromatic N) is 3. The summed E-state index contributed by atoms with van der Waals surface area (Å²) >= 11 is 0. The van der Waals surface area contributed by atoms with E-state index in [4.69, 9.17) is 0 Å². The number of likely N-dealkylation sites (tertiary alicyclic amines) is 1. The Hall–Kier alpha value is -1.08. The average molecular weight is 276 g/mol. The monoisotopic (exact) mass is 276 g/mol. The van der Waals surface area contributed by atoms with Crippen molar-refractivity contribution < 1.29 is 13.2 Å². The van der Waals surface area contributed by atoms with Crippen LogP contribution in [0.4, 0.5) is 13.2 Å². The largest absolute Gasteiger partial charge is 0.401 e. The van der Waals surface area contributed by atoms with Gasteiger partial charge in [0.2, 0.25) is 0 Å². The van der Waals surface area contributed by atoms with Gasteiger partial charge in [0.1, 0.15) is 5.82 Å². The van der Waals surface area contributed by atoms with Crippen LogP contribution in [0.1, 0.15) is 12.2 Å². The number of halogens is 3. The molecular weight excluding hydrogens is 257 g/mol. The van der Waals surface area contributed by atoms with Gasteiger partial charge in [0, 0.05) is 26.0 Å². The van der Waals surface area contributed by atoms with Gasteiger partial charge < -0.3 is 9.88 Å². The van der Waals surface area contributed by atoms with Crippen LogP contribution in [0.25, 0.3) is 0 Å². The van der Waals surface area contributed by atoms with Gasteiger partial charge in [-0.25, -0.2) is 4.98 Å². The maximum Gasteiger partial charge on any atom is 0.401 e. The number of hydrogen-bond acceptors (Lipinski definition) is 3. The highest BCUT2D eigenvalue weighted by molar-refractivity contribution is 4.90. The minimum atomic E-state index is -4.09. The van der Waals surface area contributed by atoms with Crippen molar-refractivity contribution in [2.75, 3.05) is 26.2 Å². The second kappa shape index (κ2) is 5.92. The van der Waals surface area contributed by atoms with E-state index in [9.17, 15) is 13.2 Å². The molecule has 0 aliphatic carbocycles. The Labute approximate surface area is 110 Å². The van der Waals surface area contributed by atoms with Crippen molar-refractivity contribution in [2.45, 2.75) is 19.1 Å². The van der Waals surface area contributed by atoms with Gasteiger partial charge >= 0.3 is 6.18 Å². The maximum absolute atomic E-state index is 12.2. The van der Waals surface area contributed by atoms with E-state index in [-0.39, 0.29) is 0 Å². The molecule has 1 aliphatic heterocycles. The van der Waals surface area contributed by atoms with Crippen molar-refractivity contribution in [1.82, 2.24) is 19.8 Å². The first kappa shape index (κ1) is 14.3. The molecule has 108 valence electrons. The molecule has 0 bridgehead atoms. The van der Waals surface area contributed by atoms with Crippen molar-refractivity contribution in [2.24, 2.45) is 13.0 Å². The molecule has 0 saturated carbocycles. The minimum Gasteiger partial charge on any atom is -0.337 e. The molecule has 1 aromatic heterocycles. The first-order valence-corrected chi connectivity index (χ1v) is 6.40. The van der Waals surface area contributed by atoms with Crippen molar-refractivity contribution in [3.8, 4) is 0 Å². The molecule has 1 aromatic rings. The van der Waals surface area contributed by atoms with E-state index < -0.39 is 12.7 Å². The normalized spacial score (nSPS) is 21.2. The summed E-state index contributed by atoms with van der Waals surface area (Å²) in [6, 6.07) is 0. The predicted molar refractivity (Wildman–Crippen MR) is 65.5 cm³/mol. The third-order valence-corrected chi connectivity index (χ3v) is 3.41. The standard InChI is InChI=1S/C12H19F3N4/c1-18-5-3-17-11(18)7-16-6-10-2-4-19(8-10)9-12(13,14)15/h3,5,10,16H,2,4,6-9H2,1H3. The summed E-state index contributed by atoms with van der Waals surface area (Å²) in [7, 11) is 1.92. The van der Waals surface area contributed by atoms with Gasteiger partial charge in [-0.3, -0.25) is 4.90 Å². The first-order valence-electron chi connectivity index (χ1n) is 6.40. The van der Waals surface area contributed by atoms with E-state index in [0.29, 0.717) is 25.6 Å². The summed E-state index contributed by atoms with van der Waals surface area (Å²) in [5.41, 5.74) is 0. The second-order valence-electron chi connectivity index (χ2n) is 5.09. The molecule has 0 radical (unpaired) electrons. The number of imidazole rings is 1. The number of rotatable bonds is 5. The molecule has 4 nitrogen and oxygen atoms in total. The molecular formula is C12H19F3N4. The van der Waals surface area contributed by atoms with Crippen molar-refractivity contribution in [1.29, 1.82) is 0 Å². The van der Waals surface area contributed by atoms with E-state index >= 15 is 0 Å². The second-order valence-corrected chi connectivity index (χ2v) is 5.09. The summed E-state index contributed by atoms with van der Waals surface area (Å²) in [6.07, 6.45) is 0.341. The van der Waals surface area contributed by atoms with Gasteiger partial charge in [-0.05, 0) is 25.4 Å². The third kappa shape index (κ3) is 4.50. The zero-order valence-corrected chi connectivity index (χ0v) is 11.0. The number of hydrogen-bond donors (Lipinski definition) is 1. The quantitative estimate of drug-likeness (QED) is 0.882. The van der Waals surface area contributed by atoms with Crippen LogP contribution < -0.4 is 5.32 Å². The highest BCUT2D eigenvalue weighted by Crippen LogP contribution is 2.22. The van der Waals surface area contributed by atoms with Crippen LogP contribution in [0.5, 0.6) is 0 Å². The first-order chi connectivity index (χ1) is 8.94. The molecule has 2 rings (SSSR count). The molecule has 0 spiro atoms. The summed E-state index contributed by atoms with van der Waals surface area (Å²) < 4.78 is 38.7. The number of aromatic nitrogens is 2. The third-order valence-electron chi connectivity index (χ3n) is 3.41. The topological polar surface area (TPSA) is 33.1 Å². The van der Waals surface area contributed by atoms with Gasteiger partial charge in [0.25, 0.3) is 0 Å². The zero-order valence-electron chi connectivity index (χ0n) is 11.0. The highest BCUT2D eigenvalue weighted by atomic mass is 19.4. The fourth-order valence-corrected chi connectivity index (χ4v) is 2.43. The molecule has 7 heteroatoms. The van der Waals surface area contributed by atoms with Crippen LogP contribution in [0, 0.1) is 5.92 Å². The Bertz CT molecular complexity index is 402. The Morgan fingerprint density at radius 2 is 2.26 bits per heavy atom. The van der Waals surface area contributed by atoms with E-state index in [1.165, 1.54) is 4.90 Å². The number of aryl methyl sites for hydroxylation is 1. The summed E-state index contributed by atoms with van der Waals surface area (Å²) in [4.78, 5) is 5.66. The highest BCUT2D eigenvalue weighted by Gasteiger charge is 2.34. The van der Waals surface area contributed by atoms with E-state index in [0.717, 1.165) is 18.8 Å². The predicted octanol–water partition coefficient (Wildman–Crippen LogP) is 1.39. The smallest absolute Gasteiger partial charge is 0.337 e. The average Bonchev–Trinajstić information content (AvgIpc) is 2.87. The molecule has 1 unspecified atom stereocenters. The summed E-state index contributed by atoms with van der Waals surface area (Å²) in [5.74, 6) is 1.23. The molecule has 0 amide bonds. The molecule has 19 heavy (non-hydrogen) atoms. The molecule has 1 N–H and O–H groups in total. The van der Waals surface area contributed by atoms with E-state index in [2.05, 4.69) is 10.3 Å². The van der Waals surface area contributed by atoms with Gasteiger partial charge in [-0.2, -0.15) is 13.2 Å². The lowest BCUT2D eigenvalue weighted by molar-refractivity contribution is -0.143. The fraction of sp³-hybridized carbons (Fsp3) is 0.750. The molecule has 1 aliphatic rings. The maximum atomic E-state index is 12.2. The van der Waals surface area contributed by atoms with Crippen molar-refractivity contribution >= 4 is 0 Å². The van der Waals surface area contributed by atoms with Crippen molar-refractivity contribution in [3.05, 3.63) is 18.2 Å². The molecule has 2 heterocycles. The number of nitrogens with one attached hydrogen (secondary N) is 1. The van der Waals surface area contributed by atoms with Gasteiger partial charge in [0.05, 0.1) is 13.1 Å². The van der Waals surface area contributed by atoms with Crippen LogP contribution >= 0.6 is 0 Å². The van der Waals surface area contributed by atoms with Gasteiger partial charge in [0.15, 0.2) is 0 Å². The van der Waals surface area contributed by atoms with Crippen LogP contribution in [0.15, 0.2) is 12.4 Å². The lowest BCUT2D eigenvalue weighted by atomic mass is 10.1. The van der Waals surface area contributed by atoms with E-state index in [1.54, 1.807) is 6.20 Å². The molecule has 1 fully saturated rings. The Morgan fingerprint density at radius 3 is 2.89 bits per heavy atom. The molecule has 0 aromatic carbocycles. The van der Waals surface area contributed by atoms with E-state index in [1.807, 2.05) is 17.8 Å². The lowest BCUT2D eigenvalue weighted by Gasteiger charge is -2.18. The number of alkyl halides is 3. The molecule has 1 saturated heterocycles. The summed E-state index contributed by atoms with van der Waals surface area (Å²) in [5, 5.41) is 3.26. The minimum absolute atomic E-state index is 0.294. The van der Waals surface area contributed by atoms with Crippen LogP contribution in [-0.4, -0.2) is 46.8 Å². The van der Waals surface area contributed by atoms with Crippen LogP contribution in [0.3, 0.4) is 0 Å². The van der Waals surface area contributed by atoms with Crippen LogP contribution in [-0.2, 0) is 13.6 Å².